The summed E-state index contributed by atoms with van der Waals surface area (Å²) in [6.45, 7) is 0. The summed E-state index contributed by atoms with van der Waals surface area (Å²) in [7, 11) is 0. The third-order valence-corrected chi connectivity index (χ3v) is 3.20. The van der Waals surface area contributed by atoms with E-state index in [2.05, 4.69) is 5.32 Å². The average molecular weight is 256 g/mol. The highest BCUT2D eigenvalue weighted by atomic mass is 16.4. The van der Waals surface area contributed by atoms with Gasteiger partial charge in [-0.15, -0.1) is 0 Å². The summed E-state index contributed by atoms with van der Waals surface area (Å²) < 4.78 is 0. The van der Waals surface area contributed by atoms with Crippen LogP contribution in [-0.2, 0) is 14.4 Å². The van der Waals surface area contributed by atoms with E-state index < -0.39 is 17.9 Å². The number of hydrogen-bond acceptors (Lipinski definition) is 4. The molecule has 0 saturated heterocycles. The van der Waals surface area contributed by atoms with E-state index in [-0.39, 0.29) is 12.3 Å². The van der Waals surface area contributed by atoms with Crippen LogP contribution in [-0.4, -0.2) is 28.9 Å². The molecule has 1 aliphatic rings. The van der Waals surface area contributed by atoms with Gasteiger partial charge in [-0.3, -0.25) is 19.7 Å². The van der Waals surface area contributed by atoms with Crippen molar-refractivity contribution in [2.45, 2.75) is 51.0 Å². The highest BCUT2D eigenvalue weighted by Crippen LogP contribution is 2.25. The summed E-state index contributed by atoms with van der Waals surface area (Å²) in [5.74, 6) is -1.85. The zero-order valence-corrected chi connectivity index (χ0v) is 10.4. The molecule has 0 heterocycles. The van der Waals surface area contributed by atoms with Crippen LogP contribution in [0, 0.1) is 5.92 Å². The fourth-order valence-corrected chi connectivity index (χ4v) is 2.20. The Morgan fingerprint density at radius 2 is 1.78 bits per heavy atom. The van der Waals surface area contributed by atoms with Crippen molar-refractivity contribution in [3.8, 4) is 0 Å². The number of carboxylic acids is 1. The second-order valence-corrected chi connectivity index (χ2v) is 4.83. The molecule has 6 nitrogen and oxygen atoms in total. The van der Waals surface area contributed by atoms with Gasteiger partial charge in [0.2, 0.25) is 11.8 Å². The molecule has 2 amide bonds. The van der Waals surface area contributed by atoms with Crippen LogP contribution in [0.5, 0.6) is 0 Å². The minimum atomic E-state index is -1.26. The normalized spacial score (nSPS) is 18.1. The van der Waals surface area contributed by atoms with Crippen LogP contribution in [0.1, 0.15) is 44.9 Å². The van der Waals surface area contributed by atoms with E-state index in [1.807, 2.05) is 0 Å². The van der Waals surface area contributed by atoms with Crippen LogP contribution in [0.4, 0.5) is 0 Å². The maximum Gasteiger partial charge on any atom is 0.321 e. The van der Waals surface area contributed by atoms with Gasteiger partial charge in [0.25, 0.3) is 0 Å². The molecular weight excluding hydrogens is 236 g/mol. The molecule has 0 spiro atoms. The molecule has 0 aliphatic heterocycles. The zero-order chi connectivity index (χ0) is 13.5. The Bertz CT molecular complexity index is 324. The summed E-state index contributed by atoms with van der Waals surface area (Å²) in [5, 5.41) is 10.7. The van der Waals surface area contributed by atoms with Gasteiger partial charge >= 0.3 is 5.97 Å². The Hall–Kier alpha value is -1.43. The van der Waals surface area contributed by atoms with E-state index >= 15 is 0 Å². The van der Waals surface area contributed by atoms with E-state index in [1.165, 1.54) is 6.42 Å². The summed E-state index contributed by atoms with van der Waals surface area (Å²) in [6, 6.07) is -1.26. The molecule has 1 unspecified atom stereocenters. The minimum absolute atomic E-state index is 0.329. The van der Waals surface area contributed by atoms with Crippen molar-refractivity contribution in [2.75, 3.05) is 0 Å². The lowest BCUT2D eigenvalue weighted by atomic mass is 9.87. The number of carbonyl (C=O) groups is 3. The molecule has 0 aromatic rings. The summed E-state index contributed by atoms with van der Waals surface area (Å²) >= 11 is 0. The van der Waals surface area contributed by atoms with Crippen LogP contribution in [0.25, 0.3) is 0 Å². The molecule has 0 aromatic heterocycles. The fourth-order valence-electron chi connectivity index (χ4n) is 2.20. The number of hydrogen-bond donors (Lipinski definition) is 3. The molecule has 1 aliphatic carbocycles. The number of rotatable bonds is 5. The molecule has 6 heteroatoms. The smallest absolute Gasteiger partial charge is 0.321 e. The lowest BCUT2D eigenvalue weighted by Gasteiger charge is -2.20. The van der Waals surface area contributed by atoms with Gasteiger partial charge in [-0.2, -0.15) is 0 Å². The molecule has 4 N–H and O–H groups in total. The molecule has 0 bridgehead atoms. The van der Waals surface area contributed by atoms with E-state index in [0.29, 0.717) is 12.3 Å². The molecule has 0 aromatic carbocycles. The van der Waals surface area contributed by atoms with Crippen LogP contribution in [0.3, 0.4) is 0 Å². The SMILES string of the molecule is NC(CC(=O)NC(=O)CC1CCCCC1)C(=O)O. The van der Waals surface area contributed by atoms with Crippen molar-refractivity contribution in [1.29, 1.82) is 0 Å². The number of nitrogens with one attached hydrogen (secondary N) is 1. The van der Waals surface area contributed by atoms with Gasteiger partial charge in [0, 0.05) is 6.42 Å². The first kappa shape index (κ1) is 14.6. The molecular formula is C12H20N2O4. The first-order valence-corrected chi connectivity index (χ1v) is 6.30. The topological polar surface area (TPSA) is 109 Å². The van der Waals surface area contributed by atoms with Gasteiger partial charge in [0.05, 0.1) is 6.42 Å². The maximum atomic E-state index is 11.6. The first-order chi connectivity index (χ1) is 8.49. The molecule has 18 heavy (non-hydrogen) atoms. The van der Waals surface area contributed by atoms with Gasteiger partial charge in [0.15, 0.2) is 0 Å². The largest absolute Gasteiger partial charge is 0.480 e. The maximum absolute atomic E-state index is 11.6. The van der Waals surface area contributed by atoms with Crippen molar-refractivity contribution in [2.24, 2.45) is 11.7 Å². The third-order valence-electron chi connectivity index (χ3n) is 3.20. The van der Waals surface area contributed by atoms with E-state index in [4.69, 9.17) is 10.8 Å². The van der Waals surface area contributed by atoms with E-state index in [0.717, 1.165) is 25.7 Å². The molecule has 1 atom stereocenters. The van der Waals surface area contributed by atoms with Gasteiger partial charge in [0.1, 0.15) is 6.04 Å². The van der Waals surface area contributed by atoms with E-state index in [1.54, 1.807) is 0 Å². The minimum Gasteiger partial charge on any atom is -0.480 e. The molecule has 1 saturated carbocycles. The second-order valence-electron chi connectivity index (χ2n) is 4.83. The number of carbonyl (C=O) groups excluding carboxylic acids is 2. The lowest BCUT2D eigenvalue weighted by Crippen LogP contribution is -2.39. The number of amides is 2. The van der Waals surface area contributed by atoms with Gasteiger partial charge in [-0.1, -0.05) is 19.3 Å². The Kier molecular flexibility index (Phi) is 5.77. The predicted molar refractivity (Wildman–Crippen MR) is 64.6 cm³/mol. The monoisotopic (exact) mass is 256 g/mol. The molecule has 1 rings (SSSR count). The predicted octanol–water partition coefficient (Wildman–Crippen LogP) is 0.402. The third kappa shape index (κ3) is 5.27. The fraction of sp³-hybridized carbons (Fsp3) is 0.750. The van der Waals surface area contributed by atoms with Crippen molar-refractivity contribution < 1.29 is 19.5 Å². The van der Waals surface area contributed by atoms with Gasteiger partial charge in [-0.25, -0.2) is 0 Å². The van der Waals surface area contributed by atoms with Crippen molar-refractivity contribution in [3.63, 3.8) is 0 Å². The second kappa shape index (κ2) is 7.10. The standard InChI is InChI=1S/C12H20N2O4/c13-9(12(17)18)7-11(16)14-10(15)6-8-4-2-1-3-5-8/h8-9H,1-7,13H2,(H,17,18)(H,14,15,16). The van der Waals surface area contributed by atoms with Crippen LogP contribution >= 0.6 is 0 Å². The lowest BCUT2D eigenvalue weighted by molar-refractivity contribution is -0.141. The summed E-state index contributed by atoms with van der Waals surface area (Å²) in [4.78, 5) is 33.3. The first-order valence-electron chi connectivity index (χ1n) is 6.30. The van der Waals surface area contributed by atoms with Crippen LogP contribution < -0.4 is 11.1 Å². The number of aliphatic carboxylic acids is 1. The number of imide groups is 1. The highest BCUT2D eigenvalue weighted by molar-refractivity contribution is 5.96. The molecule has 102 valence electrons. The average Bonchev–Trinajstić information content (AvgIpc) is 2.29. The Balaban J connectivity index is 2.26. The Morgan fingerprint density at radius 3 is 2.33 bits per heavy atom. The van der Waals surface area contributed by atoms with Crippen molar-refractivity contribution in [3.05, 3.63) is 0 Å². The van der Waals surface area contributed by atoms with E-state index in [9.17, 15) is 14.4 Å². The Labute approximate surface area is 106 Å². The quantitative estimate of drug-likeness (QED) is 0.659. The highest BCUT2D eigenvalue weighted by Gasteiger charge is 2.20. The van der Waals surface area contributed by atoms with Gasteiger partial charge < -0.3 is 10.8 Å². The number of nitrogens with two attached hydrogens (primary N) is 1. The van der Waals surface area contributed by atoms with Crippen molar-refractivity contribution >= 4 is 17.8 Å². The molecule has 1 fully saturated rings. The summed E-state index contributed by atoms with van der Waals surface area (Å²) in [6.07, 6.45) is 5.50. The van der Waals surface area contributed by atoms with Crippen LogP contribution in [0.15, 0.2) is 0 Å². The molecule has 0 radical (unpaired) electrons. The summed E-state index contributed by atoms with van der Waals surface area (Å²) in [5.41, 5.74) is 5.21. The van der Waals surface area contributed by atoms with Gasteiger partial charge in [-0.05, 0) is 18.8 Å². The zero-order valence-electron chi connectivity index (χ0n) is 10.4. The number of carboxylic acid groups (broad SMARTS) is 1. The van der Waals surface area contributed by atoms with Crippen LogP contribution in [0.2, 0.25) is 0 Å². The Morgan fingerprint density at radius 1 is 1.17 bits per heavy atom. The van der Waals surface area contributed by atoms with Crippen molar-refractivity contribution in [1.82, 2.24) is 5.32 Å².